The molecule has 2 amide bonds. The van der Waals surface area contributed by atoms with Crippen molar-refractivity contribution in [2.75, 3.05) is 5.32 Å². The van der Waals surface area contributed by atoms with Crippen molar-refractivity contribution in [1.82, 2.24) is 5.32 Å². The number of amides is 2. The van der Waals surface area contributed by atoms with E-state index < -0.39 is 6.10 Å². The normalized spacial score (nSPS) is 15.3. The number of nitrogens with one attached hydrogen (secondary N) is 2. The van der Waals surface area contributed by atoms with Gasteiger partial charge in [0.15, 0.2) is 6.10 Å². The number of carbonyl (C=O) groups excluding carboxylic acids is 2. The van der Waals surface area contributed by atoms with Gasteiger partial charge in [0.1, 0.15) is 5.75 Å². The fourth-order valence-electron chi connectivity index (χ4n) is 4.00. The molecule has 2 aromatic carbocycles. The Balaban J connectivity index is 1.69. The van der Waals surface area contributed by atoms with Gasteiger partial charge in [-0.25, -0.2) is 0 Å². The first-order valence-electron chi connectivity index (χ1n) is 10.9. The quantitative estimate of drug-likeness (QED) is 0.665. The number of aryl methyl sites for hydroxylation is 2. The van der Waals surface area contributed by atoms with E-state index in [-0.39, 0.29) is 17.9 Å². The fraction of sp³-hybridized carbons (Fsp3) is 0.440. The van der Waals surface area contributed by atoms with Gasteiger partial charge in [-0.2, -0.15) is 0 Å². The van der Waals surface area contributed by atoms with E-state index in [0.717, 1.165) is 36.8 Å². The molecule has 0 saturated heterocycles. The van der Waals surface area contributed by atoms with Gasteiger partial charge < -0.3 is 15.4 Å². The van der Waals surface area contributed by atoms with Crippen LogP contribution in [0.1, 0.15) is 66.9 Å². The van der Waals surface area contributed by atoms with Gasteiger partial charge >= 0.3 is 0 Å². The Hall–Kier alpha value is -2.82. The monoisotopic (exact) mass is 408 g/mol. The Morgan fingerprint density at radius 2 is 1.70 bits per heavy atom. The Kier molecular flexibility index (Phi) is 7.50. The van der Waals surface area contributed by atoms with E-state index >= 15 is 0 Å². The zero-order valence-corrected chi connectivity index (χ0v) is 18.2. The van der Waals surface area contributed by atoms with Crippen LogP contribution in [0, 0.1) is 13.8 Å². The number of carbonyl (C=O) groups is 2. The lowest BCUT2D eigenvalue weighted by Gasteiger charge is -2.23. The summed E-state index contributed by atoms with van der Waals surface area (Å²) in [5, 5.41) is 6.03. The van der Waals surface area contributed by atoms with Crippen LogP contribution in [-0.2, 0) is 4.79 Å². The summed E-state index contributed by atoms with van der Waals surface area (Å²) in [6.07, 6.45) is 5.45. The topological polar surface area (TPSA) is 67.4 Å². The minimum atomic E-state index is -0.638. The van der Waals surface area contributed by atoms with Crippen molar-refractivity contribution >= 4 is 17.5 Å². The average Bonchev–Trinajstić information content (AvgIpc) is 2.72. The number of hydrogen-bond donors (Lipinski definition) is 2. The molecule has 1 fully saturated rings. The van der Waals surface area contributed by atoms with Crippen molar-refractivity contribution < 1.29 is 14.3 Å². The van der Waals surface area contributed by atoms with Gasteiger partial charge in [-0.3, -0.25) is 9.59 Å². The molecule has 30 heavy (non-hydrogen) atoms. The summed E-state index contributed by atoms with van der Waals surface area (Å²) in [5.41, 5.74) is 3.17. The number of benzene rings is 2. The van der Waals surface area contributed by atoms with E-state index in [1.165, 1.54) is 6.42 Å². The summed E-state index contributed by atoms with van der Waals surface area (Å²) < 4.78 is 5.97. The fourth-order valence-corrected chi connectivity index (χ4v) is 4.00. The van der Waals surface area contributed by atoms with E-state index in [1.807, 2.05) is 45.0 Å². The highest BCUT2D eigenvalue weighted by Crippen LogP contribution is 2.22. The third-order valence-corrected chi connectivity index (χ3v) is 5.51. The molecule has 2 N–H and O–H groups in total. The van der Waals surface area contributed by atoms with Gasteiger partial charge in [-0.1, -0.05) is 44.4 Å². The predicted octanol–water partition coefficient (Wildman–Crippen LogP) is 5.16. The third-order valence-electron chi connectivity index (χ3n) is 5.51. The lowest BCUT2D eigenvalue weighted by atomic mass is 9.95. The SMILES string of the molecule is CC[C@H](Oc1cc(C)cc(C)c1)C(=O)Nc1ccccc1C(=O)NC1CCCCC1. The van der Waals surface area contributed by atoms with Gasteiger partial charge in [-0.15, -0.1) is 0 Å². The van der Waals surface area contributed by atoms with Crippen molar-refractivity contribution in [3.05, 3.63) is 59.2 Å². The Morgan fingerprint density at radius 1 is 1.03 bits per heavy atom. The number of anilines is 1. The van der Waals surface area contributed by atoms with E-state index in [0.29, 0.717) is 23.4 Å². The van der Waals surface area contributed by atoms with E-state index in [4.69, 9.17) is 4.74 Å². The van der Waals surface area contributed by atoms with Gasteiger partial charge in [-0.05, 0) is 68.5 Å². The Labute approximate surface area is 179 Å². The van der Waals surface area contributed by atoms with Crippen LogP contribution < -0.4 is 15.4 Å². The summed E-state index contributed by atoms with van der Waals surface area (Å²) in [5.74, 6) is 0.286. The maximum atomic E-state index is 12.9. The Morgan fingerprint density at radius 3 is 2.37 bits per heavy atom. The molecule has 0 aliphatic heterocycles. The first-order chi connectivity index (χ1) is 14.5. The molecule has 0 radical (unpaired) electrons. The maximum Gasteiger partial charge on any atom is 0.265 e. The van der Waals surface area contributed by atoms with Crippen LogP contribution >= 0.6 is 0 Å². The molecule has 5 heteroatoms. The molecule has 0 spiro atoms. The largest absolute Gasteiger partial charge is 0.481 e. The molecule has 0 aromatic heterocycles. The number of rotatable bonds is 7. The van der Waals surface area contributed by atoms with Crippen LogP contribution in [0.4, 0.5) is 5.69 Å². The summed E-state index contributed by atoms with van der Waals surface area (Å²) in [7, 11) is 0. The van der Waals surface area contributed by atoms with E-state index in [9.17, 15) is 9.59 Å². The van der Waals surface area contributed by atoms with E-state index in [2.05, 4.69) is 16.7 Å². The minimum Gasteiger partial charge on any atom is -0.481 e. The number of hydrogen-bond acceptors (Lipinski definition) is 3. The summed E-state index contributed by atoms with van der Waals surface area (Å²) in [4.78, 5) is 25.7. The Bertz CT molecular complexity index is 867. The number of ether oxygens (including phenoxy) is 1. The second kappa shape index (κ2) is 10.3. The molecule has 1 saturated carbocycles. The predicted molar refractivity (Wildman–Crippen MR) is 120 cm³/mol. The molecule has 1 aliphatic carbocycles. The zero-order chi connectivity index (χ0) is 21.5. The lowest BCUT2D eigenvalue weighted by Crippen LogP contribution is -2.37. The molecule has 5 nitrogen and oxygen atoms in total. The van der Waals surface area contributed by atoms with Crippen LogP contribution in [0.5, 0.6) is 5.75 Å². The minimum absolute atomic E-state index is 0.138. The molecule has 0 heterocycles. The van der Waals surface area contributed by atoms with Gasteiger partial charge in [0.25, 0.3) is 11.8 Å². The third kappa shape index (κ3) is 5.85. The van der Waals surface area contributed by atoms with Gasteiger partial charge in [0.2, 0.25) is 0 Å². The summed E-state index contributed by atoms with van der Waals surface area (Å²) in [6.45, 7) is 5.92. The molecule has 0 unspecified atom stereocenters. The molecular weight excluding hydrogens is 376 g/mol. The highest BCUT2D eigenvalue weighted by Gasteiger charge is 2.22. The van der Waals surface area contributed by atoms with Crippen molar-refractivity contribution in [2.24, 2.45) is 0 Å². The van der Waals surface area contributed by atoms with Gasteiger partial charge in [0, 0.05) is 6.04 Å². The number of para-hydroxylation sites is 1. The summed E-state index contributed by atoms with van der Waals surface area (Å²) >= 11 is 0. The highest BCUT2D eigenvalue weighted by atomic mass is 16.5. The van der Waals surface area contributed by atoms with Crippen LogP contribution in [0.2, 0.25) is 0 Å². The van der Waals surface area contributed by atoms with Crippen molar-refractivity contribution in [2.45, 2.75) is 71.4 Å². The molecule has 3 rings (SSSR count). The molecule has 1 aliphatic rings. The second-order valence-electron chi connectivity index (χ2n) is 8.18. The lowest BCUT2D eigenvalue weighted by molar-refractivity contribution is -0.122. The van der Waals surface area contributed by atoms with Crippen LogP contribution in [0.25, 0.3) is 0 Å². The smallest absolute Gasteiger partial charge is 0.265 e. The highest BCUT2D eigenvalue weighted by molar-refractivity contribution is 6.04. The molecule has 0 bridgehead atoms. The molecule has 160 valence electrons. The second-order valence-corrected chi connectivity index (χ2v) is 8.18. The average molecular weight is 409 g/mol. The standard InChI is InChI=1S/C25H32N2O3/c1-4-23(30-20-15-17(2)14-18(3)16-20)25(29)27-22-13-9-8-12-21(22)24(28)26-19-10-6-5-7-11-19/h8-9,12-16,19,23H,4-7,10-11H2,1-3H3,(H,26,28)(H,27,29)/t23-/m0/s1. The molecule has 1 atom stereocenters. The first-order valence-corrected chi connectivity index (χ1v) is 10.9. The molecular formula is C25H32N2O3. The van der Waals surface area contributed by atoms with Gasteiger partial charge in [0.05, 0.1) is 11.3 Å². The first kappa shape index (κ1) is 21.9. The van der Waals surface area contributed by atoms with Crippen LogP contribution in [0.3, 0.4) is 0 Å². The maximum absolute atomic E-state index is 12.9. The van der Waals surface area contributed by atoms with Crippen molar-refractivity contribution in [3.63, 3.8) is 0 Å². The van der Waals surface area contributed by atoms with Crippen LogP contribution in [-0.4, -0.2) is 24.0 Å². The van der Waals surface area contributed by atoms with Crippen LogP contribution in [0.15, 0.2) is 42.5 Å². The summed E-state index contributed by atoms with van der Waals surface area (Å²) in [6, 6.07) is 13.3. The zero-order valence-electron chi connectivity index (χ0n) is 18.2. The van der Waals surface area contributed by atoms with Crippen molar-refractivity contribution in [3.8, 4) is 5.75 Å². The molecule has 2 aromatic rings. The van der Waals surface area contributed by atoms with E-state index in [1.54, 1.807) is 12.1 Å². The van der Waals surface area contributed by atoms with Crippen molar-refractivity contribution in [1.29, 1.82) is 0 Å².